The summed E-state index contributed by atoms with van der Waals surface area (Å²) in [7, 11) is 0. The van der Waals surface area contributed by atoms with Gasteiger partial charge in [0.1, 0.15) is 0 Å². The van der Waals surface area contributed by atoms with Crippen molar-refractivity contribution >= 4 is 48.6 Å². The standard InChI is InChI=1S/C40H33NS/c1-2-9-29(10-3-1)41(30-17-18-33-32-12-5-7-16-37(32)42-38(33)24-30)36-15-8-13-34-31-11-4-6-14-35(31)40(39(34)36)27-20-25-19-26(22-27)23-28(40)21-25/h1-18,24-28H,19-23H2. The van der Waals surface area contributed by atoms with Gasteiger partial charge < -0.3 is 4.90 Å². The van der Waals surface area contributed by atoms with Crippen LogP contribution in [0.5, 0.6) is 0 Å². The Morgan fingerprint density at radius 1 is 0.548 bits per heavy atom. The average molecular weight is 560 g/mol. The zero-order valence-corrected chi connectivity index (χ0v) is 24.5. The summed E-state index contributed by atoms with van der Waals surface area (Å²) in [6.07, 6.45) is 7.06. The van der Waals surface area contributed by atoms with Gasteiger partial charge in [-0.1, -0.05) is 78.9 Å². The minimum absolute atomic E-state index is 0.116. The summed E-state index contributed by atoms with van der Waals surface area (Å²) >= 11 is 1.91. The Balaban J connectivity index is 1.25. The first kappa shape index (κ1) is 23.7. The molecule has 0 saturated heterocycles. The molecule has 0 unspecified atom stereocenters. The molecule has 1 aromatic heterocycles. The van der Waals surface area contributed by atoms with Crippen molar-refractivity contribution in [2.45, 2.75) is 37.5 Å². The molecule has 2 heteroatoms. The number of hydrogen-bond donors (Lipinski definition) is 0. The SMILES string of the molecule is c1ccc(N(c2ccc3c(c2)sc2ccccc23)c2cccc3c2C2(c4ccccc4-3)C3CC4CC(C3)CC2C4)cc1. The first-order valence-electron chi connectivity index (χ1n) is 15.8. The summed E-state index contributed by atoms with van der Waals surface area (Å²) in [6.45, 7) is 0. The van der Waals surface area contributed by atoms with E-state index in [1.165, 1.54) is 80.5 Å². The molecule has 0 atom stereocenters. The highest BCUT2D eigenvalue weighted by atomic mass is 32.1. The Kier molecular flexibility index (Phi) is 4.83. The van der Waals surface area contributed by atoms with Crippen LogP contribution in [0.1, 0.15) is 43.2 Å². The van der Waals surface area contributed by atoms with E-state index in [4.69, 9.17) is 0 Å². The third-order valence-corrected chi connectivity index (χ3v) is 12.6. The first-order valence-corrected chi connectivity index (χ1v) is 16.6. The average Bonchev–Trinajstić information content (AvgIpc) is 3.54. The maximum Gasteiger partial charge on any atom is 0.0509 e. The molecule has 1 spiro atoms. The molecule has 5 aliphatic carbocycles. The van der Waals surface area contributed by atoms with Crippen LogP contribution in [0, 0.1) is 23.7 Å². The van der Waals surface area contributed by atoms with Gasteiger partial charge >= 0.3 is 0 Å². The van der Waals surface area contributed by atoms with E-state index >= 15 is 0 Å². The van der Waals surface area contributed by atoms with Crippen molar-refractivity contribution in [2.24, 2.45) is 23.7 Å². The van der Waals surface area contributed by atoms with Crippen molar-refractivity contribution < 1.29 is 0 Å². The lowest BCUT2D eigenvalue weighted by Gasteiger charge is -2.61. The quantitative estimate of drug-likeness (QED) is 0.208. The Bertz CT molecular complexity index is 1990. The second kappa shape index (κ2) is 8.58. The molecule has 4 saturated carbocycles. The summed E-state index contributed by atoms with van der Waals surface area (Å²) < 4.78 is 2.72. The number of fused-ring (bicyclic) bond motifs is 6. The normalized spacial score (nSPS) is 26.7. The minimum Gasteiger partial charge on any atom is -0.310 e. The van der Waals surface area contributed by atoms with Crippen LogP contribution in [0.3, 0.4) is 0 Å². The second-order valence-corrected chi connectivity index (χ2v) is 14.5. The molecule has 5 aliphatic rings. The van der Waals surface area contributed by atoms with E-state index in [0.29, 0.717) is 0 Å². The van der Waals surface area contributed by atoms with Crippen molar-refractivity contribution in [1.82, 2.24) is 0 Å². The van der Waals surface area contributed by atoms with Crippen molar-refractivity contribution in [3.8, 4) is 11.1 Å². The molecular weight excluding hydrogens is 527 g/mol. The Morgan fingerprint density at radius 2 is 1.24 bits per heavy atom. The van der Waals surface area contributed by atoms with E-state index in [1.807, 2.05) is 11.3 Å². The van der Waals surface area contributed by atoms with Crippen LogP contribution in [-0.4, -0.2) is 0 Å². The van der Waals surface area contributed by atoms with E-state index in [0.717, 1.165) is 23.7 Å². The zero-order valence-electron chi connectivity index (χ0n) is 23.7. The van der Waals surface area contributed by atoms with Gasteiger partial charge in [-0.25, -0.2) is 0 Å². The summed E-state index contributed by atoms with van der Waals surface area (Å²) in [5, 5.41) is 2.72. The summed E-state index contributed by atoms with van der Waals surface area (Å²) in [5.74, 6) is 3.34. The number of anilines is 3. The van der Waals surface area contributed by atoms with Crippen LogP contribution in [0.15, 0.2) is 115 Å². The van der Waals surface area contributed by atoms with Gasteiger partial charge in [-0.05, 0) is 114 Å². The lowest BCUT2D eigenvalue weighted by molar-refractivity contribution is -0.0397. The van der Waals surface area contributed by atoms with Gasteiger partial charge in [-0.2, -0.15) is 0 Å². The van der Waals surface area contributed by atoms with Gasteiger partial charge in [0.15, 0.2) is 0 Å². The molecule has 42 heavy (non-hydrogen) atoms. The van der Waals surface area contributed by atoms with Gasteiger partial charge in [0.25, 0.3) is 0 Å². The number of rotatable bonds is 3. The van der Waals surface area contributed by atoms with Crippen LogP contribution < -0.4 is 4.90 Å². The summed E-state index contributed by atoms with van der Waals surface area (Å²) in [5.41, 5.74) is 10.2. The molecular formula is C40H33NS. The Labute approximate surface area is 251 Å². The van der Waals surface area contributed by atoms with Crippen LogP contribution >= 0.6 is 11.3 Å². The maximum absolute atomic E-state index is 2.58. The van der Waals surface area contributed by atoms with Crippen molar-refractivity contribution in [2.75, 3.05) is 4.90 Å². The maximum atomic E-state index is 2.58. The van der Waals surface area contributed by atoms with Gasteiger partial charge in [0.2, 0.25) is 0 Å². The fourth-order valence-electron chi connectivity index (χ4n) is 10.2. The fraction of sp³-hybridized carbons (Fsp3) is 0.250. The predicted octanol–water partition coefficient (Wildman–Crippen LogP) is 11.2. The molecule has 1 heterocycles. The molecule has 204 valence electrons. The summed E-state index contributed by atoms with van der Waals surface area (Å²) in [4.78, 5) is 2.58. The van der Waals surface area contributed by atoms with Gasteiger partial charge in [0.05, 0.1) is 5.69 Å². The highest BCUT2D eigenvalue weighted by Crippen LogP contribution is 2.71. The minimum atomic E-state index is 0.116. The largest absolute Gasteiger partial charge is 0.310 e. The van der Waals surface area contributed by atoms with Crippen LogP contribution in [0.25, 0.3) is 31.3 Å². The van der Waals surface area contributed by atoms with Crippen molar-refractivity contribution in [3.63, 3.8) is 0 Å². The zero-order chi connectivity index (χ0) is 27.4. The second-order valence-electron chi connectivity index (χ2n) is 13.4. The van der Waals surface area contributed by atoms with Gasteiger partial charge in [-0.3, -0.25) is 0 Å². The molecule has 0 radical (unpaired) electrons. The Morgan fingerprint density at radius 3 is 2.07 bits per heavy atom. The number of thiophene rings is 1. The molecule has 5 aromatic carbocycles. The highest BCUT2D eigenvalue weighted by molar-refractivity contribution is 7.25. The molecule has 1 nitrogen and oxygen atoms in total. The van der Waals surface area contributed by atoms with Crippen molar-refractivity contribution in [1.29, 1.82) is 0 Å². The van der Waals surface area contributed by atoms with E-state index < -0.39 is 0 Å². The smallest absolute Gasteiger partial charge is 0.0509 e. The van der Waals surface area contributed by atoms with E-state index in [2.05, 4.69) is 120 Å². The number of benzene rings is 5. The van der Waals surface area contributed by atoms with Gasteiger partial charge in [0, 0.05) is 37.0 Å². The highest BCUT2D eigenvalue weighted by Gasteiger charge is 2.62. The first-order chi connectivity index (χ1) is 20.8. The van der Waals surface area contributed by atoms with Crippen LogP contribution in [0.2, 0.25) is 0 Å². The molecule has 0 N–H and O–H groups in total. The topological polar surface area (TPSA) is 3.24 Å². The lowest BCUT2D eigenvalue weighted by Crippen LogP contribution is -2.55. The summed E-state index contributed by atoms with van der Waals surface area (Å²) in [6, 6.07) is 43.7. The number of hydrogen-bond acceptors (Lipinski definition) is 2. The third-order valence-electron chi connectivity index (χ3n) is 11.4. The Hall–Kier alpha value is -3.88. The molecule has 6 aromatic rings. The van der Waals surface area contributed by atoms with E-state index in [1.54, 1.807) is 11.1 Å². The third kappa shape index (κ3) is 3.04. The van der Waals surface area contributed by atoms with Crippen molar-refractivity contribution in [3.05, 3.63) is 126 Å². The molecule has 0 amide bonds. The van der Waals surface area contributed by atoms with E-state index in [9.17, 15) is 0 Å². The number of para-hydroxylation sites is 1. The molecule has 0 aliphatic heterocycles. The van der Waals surface area contributed by atoms with Crippen LogP contribution in [-0.2, 0) is 5.41 Å². The monoisotopic (exact) mass is 559 g/mol. The molecule has 4 bridgehead atoms. The lowest BCUT2D eigenvalue weighted by atomic mass is 9.43. The van der Waals surface area contributed by atoms with Gasteiger partial charge in [-0.15, -0.1) is 11.3 Å². The van der Waals surface area contributed by atoms with Crippen LogP contribution in [0.4, 0.5) is 17.1 Å². The number of nitrogens with zero attached hydrogens (tertiary/aromatic N) is 1. The fourth-order valence-corrected chi connectivity index (χ4v) is 11.4. The molecule has 4 fully saturated rings. The predicted molar refractivity (Wildman–Crippen MR) is 177 cm³/mol. The van der Waals surface area contributed by atoms with E-state index in [-0.39, 0.29) is 5.41 Å². The molecule has 11 rings (SSSR count).